The van der Waals surface area contributed by atoms with Gasteiger partial charge in [0.15, 0.2) is 0 Å². The lowest BCUT2D eigenvalue weighted by Gasteiger charge is -2.12. The van der Waals surface area contributed by atoms with Gasteiger partial charge in [0.05, 0.1) is 6.10 Å². The van der Waals surface area contributed by atoms with Crippen LogP contribution in [-0.4, -0.2) is 18.6 Å². The second-order valence-corrected chi connectivity index (χ2v) is 4.77. The summed E-state index contributed by atoms with van der Waals surface area (Å²) in [4.78, 5) is 16.8. The summed E-state index contributed by atoms with van der Waals surface area (Å²) >= 11 is 0. The molecule has 3 N–H and O–H groups in total. The highest BCUT2D eigenvalue weighted by Gasteiger charge is 2.16. The summed E-state index contributed by atoms with van der Waals surface area (Å²) in [6.45, 7) is 2.82. The Morgan fingerprint density at radius 2 is 2.12 bits per heavy atom. The number of nitrogens with two attached hydrogens (primary N) is 1. The lowest BCUT2D eigenvalue weighted by Crippen LogP contribution is -2.28. The van der Waals surface area contributed by atoms with E-state index in [-0.39, 0.29) is 12.0 Å². The smallest absolute Gasteiger partial charge is 0.243 e. The highest BCUT2D eigenvalue weighted by Crippen LogP contribution is 2.19. The molecule has 0 aromatic rings. The maximum absolute atomic E-state index is 11.4. The van der Waals surface area contributed by atoms with Crippen molar-refractivity contribution in [2.75, 3.05) is 6.54 Å². The van der Waals surface area contributed by atoms with Gasteiger partial charge in [-0.25, -0.2) is 5.48 Å². The lowest BCUT2D eigenvalue weighted by atomic mass is 10.0. The van der Waals surface area contributed by atoms with E-state index in [4.69, 9.17) is 10.6 Å². The van der Waals surface area contributed by atoms with Crippen LogP contribution in [0.2, 0.25) is 0 Å². The minimum absolute atomic E-state index is 0.00392. The minimum atomic E-state index is -0.00392. The number of hydroxylamine groups is 1. The molecule has 1 saturated carbocycles. The molecule has 0 bridgehead atoms. The van der Waals surface area contributed by atoms with E-state index in [1.165, 1.54) is 12.8 Å². The van der Waals surface area contributed by atoms with E-state index in [0.717, 1.165) is 25.7 Å². The van der Waals surface area contributed by atoms with Crippen molar-refractivity contribution < 1.29 is 9.63 Å². The van der Waals surface area contributed by atoms with Crippen LogP contribution in [-0.2, 0) is 9.63 Å². The van der Waals surface area contributed by atoms with Crippen LogP contribution >= 0.6 is 0 Å². The van der Waals surface area contributed by atoms with Gasteiger partial charge in [0.1, 0.15) is 0 Å². The molecule has 1 atom stereocenters. The Hall–Kier alpha value is -0.610. The molecule has 1 fully saturated rings. The average molecular weight is 228 g/mol. The van der Waals surface area contributed by atoms with Crippen LogP contribution in [0.5, 0.6) is 0 Å². The predicted molar refractivity (Wildman–Crippen MR) is 63.6 cm³/mol. The second kappa shape index (κ2) is 7.63. The molecule has 0 spiro atoms. The van der Waals surface area contributed by atoms with Crippen molar-refractivity contribution in [1.29, 1.82) is 0 Å². The van der Waals surface area contributed by atoms with Gasteiger partial charge in [-0.1, -0.05) is 19.8 Å². The molecule has 1 unspecified atom stereocenters. The first-order chi connectivity index (χ1) is 7.72. The summed E-state index contributed by atoms with van der Waals surface area (Å²) < 4.78 is 0. The first kappa shape index (κ1) is 13.5. The molecular weight excluding hydrogens is 204 g/mol. The fourth-order valence-corrected chi connectivity index (χ4v) is 2.01. The van der Waals surface area contributed by atoms with E-state index in [9.17, 15) is 4.79 Å². The van der Waals surface area contributed by atoms with E-state index in [0.29, 0.717) is 18.9 Å². The zero-order chi connectivity index (χ0) is 11.8. The molecule has 0 saturated heterocycles. The normalized spacial score (nSPS) is 18.6. The number of nitrogens with one attached hydrogen (secondary N) is 1. The van der Waals surface area contributed by atoms with Crippen LogP contribution in [0, 0.1) is 5.92 Å². The van der Waals surface area contributed by atoms with Crippen molar-refractivity contribution in [2.24, 2.45) is 11.7 Å². The Bertz CT molecular complexity index is 203. The maximum Gasteiger partial charge on any atom is 0.243 e. The van der Waals surface area contributed by atoms with Crippen LogP contribution in [0.4, 0.5) is 0 Å². The molecule has 0 aromatic heterocycles. The van der Waals surface area contributed by atoms with Crippen molar-refractivity contribution >= 4 is 5.91 Å². The Kier molecular flexibility index (Phi) is 6.42. The Balaban J connectivity index is 2.01. The standard InChI is InChI=1S/C12H24N2O2/c1-10(8-9-13)6-7-12(15)14-16-11-4-2-3-5-11/h10-11H,2-9,13H2,1H3,(H,14,15). The van der Waals surface area contributed by atoms with Gasteiger partial charge in [0, 0.05) is 6.42 Å². The quantitative estimate of drug-likeness (QED) is 0.652. The Morgan fingerprint density at radius 1 is 1.44 bits per heavy atom. The monoisotopic (exact) mass is 228 g/mol. The number of hydrogen-bond acceptors (Lipinski definition) is 3. The van der Waals surface area contributed by atoms with Gasteiger partial charge >= 0.3 is 0 Å². The van der Waals surface area contributed by atoms with Crippen molar-refractivity contribution in [1.82, 2.24) is 5.48 Å². The third-order valence-corrected chi connectivity index (χ3v) is 3.17. The van der Waals surface area contributed by atoms with E-state index >= 15 is 0 Å². The highest BCUT2D eigenvalue weighted by atomic mass is 16.7. The molecule has 94 valence electrons. The van der Waals surface area contributed by atoms with Crippen LogP contribution in [0.3, 0.4) is 0 Å². The largest absolute Gasteiger partial charge is 0.330 e. The molecule has 1 aliphatic rings. The summed E-state index contributed by atoms with van der Waals surface area (Å²) in [7, 11) is 0. The summed E-state index contributed by atoms with van der Waals surface area (Å²) in [6.07, 6.45) is 7.22. The van der Waals surface area contributed by atoms with Gasteiger partial charge in [0.2, 0.25) is 5.91 Å². The molecule has 0 aliphatic heterocycles. The molecule has 1 aliphatic carbocycles. The summed E-state index contributed by atoms with van der Waals surface area (Å²) in [5, 5.41) is 0. The van der Waals surface area contributed by atoms with E-state index < -0.39 is 0 Å². The molecule has 0 radical (unpaired) electrons. The van der Waals surface area contributed by atoms with Gasteiger partial charge in [0.25, 0.3) is 0 Å². The van der Waals surface area contributed by atoms with Gasteiger partial charge in [-0.2, -0.15) is 0 Å². The third kappa shape index (κ3) is 5.47. The summed E-state index contributed by atoms with van der Waals surface area (Å²) in [5.41, 5.74) is 8.00. The first-order valence-electron chi connectivity index (χ1n) is 6.37. The molecule has 1 amide bonds. The molecule has 4 nitrogen and oxygen atoms in total. The molecule has 4 heteroatoms. The van der Waals surface area contributed by atoms with Gasteiger partial charge in [-0.05, 0) is 38.1 Å². The third-order valence-electron chi connectivity index (χ3n) is 3.17. The summed E-state index contributed by atoms with van der Waals surface area (Å²) in [6, 6.07) is 0. The summed E-state index contributed by atoms with van der Waals surface area (Å²) in [5.74, 6) is 0.512. The first-order valence-corrected chi connectivity index (χ1v) is 6.37. The van der Waals surface area contributed by atoms with Crippen LogP contribution in [0.1, 0.15) is 51.9 Å². The fourth-order valence-electron chi connectivity index (χ4n) is 2.01. The predicted octanol–water partition coefficient (Wildman–Crippen LogP) is 1.74. The molecule has 16 heavy (non-hydrogen) atoms. The molecular formula is C12H24N2O2. The van der Waals surface area contributed by atoms with Gasteiger partial charge < -0.3 is 5.73 Å². The van der Waals surface area contributed by atoms with E-state index in [2.05, 4.69) is 12.4 Å². The average Bonchev–Trinajstić information content (AvgIpc) is 2.77. The Morgan fingerprint density at radius 3 is 2.75 bits per heavy atom. The van der Waals surface area contributed by atoms with Crippen LogP contribution < -0.4 is 11.2 Å². The van der Waals surface area contributed by atoms with Crippen molar-refractivity contribution in [3.8, 4) is 0 Å². The lowest BCUT2D eigenvalue weighted by molar-refractivity contribution is -0.138. The van der Waals surface area contributed by atoms with Gasteiger partial charge in [-0.15, -0.1) is 0 Å². The van der Waals surface area contributed by atoms with Crippen molar-refractivity contribution in [3.05, 3.63) is 0 Å². The SMILES string of the molecule is CC(CCN)CCC(=O)NOC1CCCC1. The number of rotatable bonds is 7. The fraction of sp³-hybridized carbons (Fsp3) is 0.917. The molecule has 1 rings (SSSR count). The molecule has 0 aromatic carbocycles. The molecule has 0 heterocycles. The Labute approximate surface area is 97.9 Å². The number of carbonyl (C=O) groups excluding carboxylic acids is 1. The van der Waals surface area contributed by atoms with Gasteiger partial charge in [-0.3, -0.25) is 9.63 Å². The van der Waals surface area contributed by atoms with Crippen molar-refractivity contribution in [3.63, 3.8) is 0 Å². The second-order valence-electron chi connectivity index (χ2n) is 4.77. The number of amides is 1. The highest BCUT2D eigenvalue weighted by molar-refractivity contribution is 5.74. The van der Waals surface area contributed by atoms with Crippen LogP contribution in [0.25, 0.3) is 0 Å². The van der Waals surface area contributed by atoms with E-state index in [1.54, 1.807) is 0 Å². The topological polar surface area (TPSA) is 64.4 Å². The number of hydrogen-bond donors (Lipinski definition) is 2. The maximum atomic E-state index is 11.4. The number of carbonyl (C=O) groups is 1. The minimum Gasteiger partial charge on any atom is -0.330 e. The zero-order valence-electron chi connectivity index (χ0n) is 10.2. The zero-order valence-corrected chi connectivity index (χ0v) is 10.2. The van der Waals surface area contributed by atoms with Crippen LogP contribution in [0.15, 0.2) is 0 Å². The van der Waals surface area contributed by atoms with Crippen molar-refractivity contribution in [2.45, 2.75) is 58.0 Å². The van der Waals surface area contributed by atoms with E-state index in [1.807, 2.05) is 0 Å².